The van der Waals surface area contributed by atoms with Gasteiger partial charge in [0.15, 0.2) is 5.65 Å². The number of hydrogen-bond acceptors (Lipinski definition) is 7. The molecule has 0 aliphatic rings. The molecule has 8 nitrogen and oxygen atoms in total. The standard InChI is InChI=1S/C17H14F2N4O4/c1-8-3-4-9(7-21-8)23-14-10(5-6-11(22-14)27-17(18)19)13(20)12(15(23)24)16(25)26-2/h3-7,17H,20H2,1-2H3. The molecule has 140 valence electrons. The first-order valence-electron chi connectivity index (χ1n) is 7.65. The van der Waals surface area contributed by atoms with Gasteiger partial charge in [-0.3, -0.25) is 14.3 Å². The molecule has 0 saturated carbocycles. The molecular weight excluding hydrogens is 362 g/mol. The van der Waals surface area contributed by atoms with Gasteiger partial charge in [0, 0.05) is 17.1 Å². The zero-order valence-electron chi connectivity index (χ0n) is 14.3. The van der Waals surface area contributed by atoms with Crippen LogP contribution in [-0.4, -0.2) is 34.2 Å². The minimum atomic E-state index is -3.09. The highest BCUT2D eigenvalue weighted by molar-refractivity contribution is 6.03. The van der Waals surface area contributed by atoms with E-state index in [1.165, 1.54) is 12.3 Å². The van der Waals surface area contributed by atoms with E-state index < -0.39 is 29.6 Å². The van der Waals surface area contributed by atoms with Crippen LogP contribution in [0.4, 0.5) is 14.5 Å². The van der Waals surface area contributed by atoms with Crippen LogP contribution >= 0.6 is 0 Å². The number of fused-ring (bicyclic) bond motifs is 1. The van der Waals surface area contributed by atoms with Crippen molar-refractivity contribution in [1.82, 2.24) is 14.5 Å². The highest BCUT2D eigenvalue weighted by Crippen LogP contribution is 2.26. The third-order valence-corrected chi connectivity index (χ3v) is 3.79. The number of hydrogen-bond donors (Lipinski definition) is 1. The van der Waals surface area contributed by atoms with E-state index >= 15 is 0 Å². The molecule has 0 spiro atoms. The van der Waals surface area contributed by atoms with Gasteiger partial charge in [0.1, 0.15) is 5.56 Å². The van der Waals surface area contributed by atoms with Gasteiger partial charge in [-0.25, -0.2) is 4.79 Å². The van der Waals surface area contributed by atoms with Crippen molar-refractivity contribution in [3.63, 3.8) is 0 Å². The molecule has 0 bridgehead atoms. The lowest BCUT2D eigenvalue weighted by Crippen LogP contribution is -2.29. The number of nitrogens with two attached hydrogens (primary N) is 1. The number of halogens is 2. The van der Waals surface area contributed by atoms with E-state index in [2.05, 4.69) is 19.4 Å². The van der Waals surface area contributed by atoms with Gasteiger partial charge in [-0.2, -0.15) is 13.8 Å². The average molecular weight is 376 g/mol. The third-order valence-electron chi connectivity index (χ3n) is 3.79. The Bertz CT molecular complexity index is 1080. The topological polar surface area (TPSA) is 109 Å². The van der Waals surface area contributed by atoms with Crippen molar-refractivity contribution in [3.05, 3.63) is 52.1 Å². The molecule has 0 aliphatic heterocycles. The molecule has 3 aromatic heterocycles. The van der Waals surface area contributed by atoms with E-state index in [0.29, 0.717) is 5.69 Å². The van der Waals surface area contributed by atoms with Crippen LogP contribution in [-0.2, 0) is 4.74 Å². The lowest BCUT2D eigenvalue weighted by atomic mass is 10.1. The maximum atomic E-state index is 12.9. The van der Waals surface area contributed by atoms with Crippen LogP contribution in [0.3, 0.4) is 0 Å². The van der Waals surface area contributed by atoms with E-state index in [1.807, 2.05) is 0 Å². The largest absolute Gasteiger partial charge is 0.465 e. The first kappa shape index (κ1) is 18.2. The summed E-state index contributed by atoms with van der Waals surface area (Å²) in [7, 11) is 1.11. The van der Waals surface area contributed by atoms with Crippen molar-refractivity contribution in [2.24, 2.45) is 0 Å². The second-order valence-corrected chi connectivity index (χ2v) is 5.48. The van der Waals surface area contributed by atoms with Crippen LogP contribution in [0.15, 0.2) is 35.3 Å². The summed E-state index contributed by atoms with van der Waals surface area (Å²) in [5.74, 6) is -1.34. The number of esters is 1. The molecule has 0 saturated heterocycles. The van der Waals surface area contributed by atoms with Gasteiger partial charge in [0.05, 0.1) is 24.7 Å². The van der Waals surface area contributed by atoms with Crippen molar-refractivity contribution in [1.29, 1.82) is 0 Å². The Kier molecular flexibility index (Phi) is 4.72. The number of carbonyl (C=O) groups excluding carboxylic acids is 1. The molecule has 0 amide bonds. The van der Waals surface area contributed by atoms with Gasteiger partial charge in [-0.1, -0.05) is 0 Å². The minimum Gasteiger partial charge on any atom is -0.465 e. The first-order valence-corrected chi connectivity index (χ1v) is 7.65. The monoisotopic (exact) mass is 376 g/mol. The zero-order valence-corrected chi connectivity index (χ0v) is 14.3. The summed E-state index contributed by atoms with van der Waals surface area (Å²) in [4.78, 5) is 33.1. The van der Waals surface area contributed by atoms with Crippen molar-refractivity contribution in [3.8, 4) is 11.6 Å². The van der Waals surface area contributed by atoms with Crippen LogP contribution < -0.4 is 16.0 Å². The van der Waals surface area contributed by atoms with E-state index in [4.69, 9.17) is 5.73 Å². The number of alkyl halides is 2. The lowest BCUT2D eigenvalue weighted by Gasteiger charge is -2.15. The number of rotatable bonds is 4. The molecule has 27 heavy (non-hydrogen) atoms. The van der Waals surface area contributed by atoms with Gasteiger partial charge in [0.2, 0.25) is 5.88 Å². The predicted molar refractivity (Wildman–Crippen MR) is 92.3 cm³/mol. The quantitative estimate of drug-likeness (QED) is 0.694. The van der Waals surface area contributed by atoms with Crippen molar-refractivity contribution in [2.75, 3.05) is 12.8 Å². The fourth-order valence-corrected chi connectivity index (χ4v) is 2.56. The molecule has 3 heterocycles. The molecule has 0 radical (unpaired) electrons. The van der Waals surface area contributed by atoms with Crippen LogP contribution in [0, 0.1) is 6.92 Å². The number of anilines is 1. The number of methoxy groups -OCH3 is 1. The highest BCUT2D eigenvalue weighted by Gasteiger charge is 2.23. The number of ether oxygens (including phenoxy) is 2. The van der Waals surface area contributed by atoms with Crippen LogP contribution in [0.5, 0.6) is 5.88 Å². The summed E-state index contributed by atoms with van der Waals surface area (Å²) in [6, 6.07) is 5.71. The Morgan fingerprint density at radius 3 is 2.59 bits per heavy atom. The van der Waals surface area contributed by atoms with Crippen molar-refractivity contribution < 1.29 is 23.0 Å². The number of carbonyl (C=O) groups is 1. The molecular formula is C17H14F2N4O4. The number of aromatic nitrogens is 3. The van der Waals surface area contributed by atoms with Gasteiger partial charge >= 0.3 is 12.6 Å². The molecule has 0 aromatic carbocycles. The van der Waals surface area contributed by atoms with Crippen LogP contribution in [0.25, 0.3) is 16.7 Å². The lowest BCUT2D eigenvalue weighted by molar-refractivity contribution is -0.0526. The molecule has 3 aromatic rings. The van der Waals surface area contributed by atoms with E-state index in [1.54, 1.807) is 19.1 Å². The smallest absolute Gasteiger partial charge is 0.388 e. The second kappa shape index (κ2) is 6.98. The van der Waals surface area contributed by atoms with Gasteiger partial charge in [0.25, 0.3) is 5.56 Å². The Morgan fingerprint density at radius 1 is 1.26 bits per heavy atom. The SMILES string of the molecule is COC(=O)c1c(N)c2ccc(OC(F)F)nc2n(-c2ccc(C)nc2)c1=O. The Labute approximate surface area is 151 Å². The third kappa shape index (κ3) is 3.28. The number of nitrogen functional groups attached to an aromatic ring is 1. The van der Waals surface area contributed by atoms with Crippen LogP contribution in [0.2, 0.25) is 0 Å². The molecule has 3 rings (SSSR count). The van der Waals surface area contributed by atoms with Gasteiger partial charge in [-0.15, -0.1) is 0 Å². The molecule has 0 unspecified atom stereocenters. The van der Waals surface area contributed by atoms with Gasteiger partial charge < -0.3 is 15.2 Å². The summed E-state index contributed by atoms with van der Waals surface area (Å²) >= 11 is 0. The molecule has 10 heteroatoms. The number of nitrogens with zero attached hydrogens (tertiary/aromatic N) is 3. The summed E-state index contributed by atoms with van der Waals surface area (Å²) in [5.41, 5.74) is 5.47. The minimum absolute atomic E-state index is 0.0612. The number of aryl methyl sites for hydroxylation is 1. The molecule has 0 aliphatic carbocycles. The van der Waals surface area contributed by atoms with Crippen molar-refractivity contribution >= 4 is 22.7 Å². The maximum absolute atomic E-state index is 12.9. The number of pyridine rings is 3. The van der Waals surface area contributed by atoms with E-state index in [0.717, 1.165) is 17.7 Å². The average Bonchev–Trinajstić information content (AvgIpc) is 2.62. The molecule has 0 atom stereocenters. The zero-order chi connectivity index (χ0) is 19.7. The van der Waals surface area contributed by atoms with Gasteiger partial charge in [-0.05, 0) is 25.1 Å². The summed E-state index contributed by atoms with van der Waals surface area (Å²) in [6.07, 6.45) is 1.38. The van der Waals surface area contributed by atoms with E-state index in [-0.39, 0.29) is 22.4 Å². The first-order chi connectivity index (χ1) is 12.8. The van der Waals surface area contributed by atoms with E-state index in [9.17, 15) is 18.4 Å². The second-order valence-electron chi connectivity index (χ2n) is 5.48. The fourth-order valence-electron chi connectivity index (χ4n) is 2.56. The molecule has 2 N–H and O–H groups in total. The highest BCUT2D eigenvalue weighted by atomic mass is 19.3. The van der Waals surface area contributed by atoms with Crippen LogP contribution in [0.1, 0.15) is 16.1 Å². The maximum Gasteiger partial charge on any atom is 0.388 e. The molecule has 0 fully saturated rings. The Hall–Kier alpha value is -3.56. The summed E-state index contributed by atoms with van der Waals surface area (Å²) in [5, 5.41) is 0.192. The summed E-state index contributed by atoms with van der Waals surface area (Å²) < 4.78 is 35.1. The fraction of sp³-hybridized carbons (Fsp3) is 0.176. The Morgan fingerprint density at radius 2 is 2.00 bits per heavy atom. The summed E-state index contributed by atoms with van der Waals surface area (Å²) in [6.45, 7) is -1.34. The Balaban J connectivity index is 2.42. The van der Waals surface area contributed by atoms with Crippen molar-refractivity contribution in [2.45, 2.75) is 13.5 Å². The predicted octanol–water partition coefficient (Wildman–Crippen LogP) is 2.06. The normalized spacial score (nSPS) is 11.0.